The van der Waals surface area contributed by atoms with Gasteiger partial charge in [-0.05, 0) is 30.7 Å². The lowest BCUT2D eigenvalue weighted by Gasteiger charge is -2.11. The summed E-state index contributed by atoms with van der Waals surface area (Å²) in [6.07, 6.45) is -1.15. The van der Waals surface area contributed by atoms with Crippen molar-refractivity contribution < 1.29 is 17.9 Å². The van der Waals surface area contributed by atoms with Gasteiger partial charge in [0, 0.05) is 25.0 Å². The van der Waals surface area contributed by atoms with E-state index in [-0.39, 0.29) is 36.4 Å². The van der Waals surface area contributed by atoms with Crippen LogP contribution in [0.3, 0.4) is 0 Å². The van der Waals surface area contributed by atoms with Crippen LogP contribution in [0.5, 0.6) is 5.88 Å². The number of halogens is 4. The average Bonchev–Trinajstić information content (AvgIpc) is 3.11. The van der Waals surface area contributed by atoms with Gasteiger partial charge in [-0.2, -0.15) is 13.2 Å². The minimum Gasteiger partial charge on any atom is -0.468 e. The molecule has 8 nitrogen and oxygen atoms in total. The van der Waals surface area contributed by atoms with Gasteiger partial charge >= 0.3 is 6.18 Å². The fourth-order valence-corrected chi connectivity index (χ4v) is 2.47. The molecule has 30 heavy (non-hydrogen) atoms. The molecule has 0 bridgehead atoms. The highest BCUT2D eigenvalue weighted by Gasteiger charge is 2.28. The summed E-state index contributed by atoms with van der Waals surface area (Å²) in [5, 5.41) is 14.5. The fraction of sp³-hybridized carbons (Fsp3) is 0.333. The van der Waals surface area contributed by atoms with Gasteiger partial charge in [0.15, 0.2) is 24.0 Å². The van der Waals surface area contributed by atoms with Gasteiger partial charge in [-0.15, -0.1) is 34.2 Å². The third-order valence-corrected chi connectivity index (χ3v) is 3.75. The number of aromatic nitrogens is 4. The summed E-state index contributed by atoms with van der Waals surface area (Å²) in [6, 6.07) is 8.73. The number of fused-ring (bicyclic) bond motifs is 1. The molecule has 0 fully saturated rings. The Hall–Kier alpha value is -2.64. The van der Waals surface area contributed by atoms with Crippen LogP contribution in [0.1, 0.15) is 18.3 Å². The number of nitrogens with one attached hydrogen (secondary N) is 2. The van der Waals surface area contributed by atoms with Crippen LogP contribution in [0.2, 0.25) is 0 Å². The Morgan fingerprint density at radius 1 is 1.20 bits per heavy atom. The predicted molar refractivity (Wildman–Crippen MR) is 116 cm³/mol. The van der Waals surface area contributed by atoms with Crippen LogP contribution in [-0.4, -0.2) is 44.9 Å². The predicted octanol–water partition coefficient (Wildman–Crippen LogP) is 2.94. The molecule has 0 aromatic carbocycles. The van der Waals surface area contributed by atoms with E-state index in [1.165, 1.54) is 12.3 Å². The van der Waals surface area contributed by atoms with Crippen molar-refractivity contribution in [2.45, 2.75) is 26.2 Å². The van der Waals surface area contributed by atoms with Gasteiger partial charge in [-0.25, -0.2) is 9.98 Å². The smallest absolute Gasteiger partial charge is 0.422 e. The molecule has 0 aliphatic carbocycles. The zero-order valence-corrected chi connectivity index (χ0v) is 18.4. The molecule has 3 rings (SSSR count). The lowest BCUT2D eigenvalue weighted by atomic mass is 10.3. The number of aliphatic imine (C=N–C) groups is 1. The first-order valence-electron chi connectivity index (χ1n) is 8.90. The maximum atomic E-state index is 12.3. The molecular formula is C18H21F3IN7O. The fourth-order valence-electron chi connectivity index (χ4n) is 2.47. The monoisotopic (exact) mass is 535 g/mol. The Kier molecular flexibility index (Phi) is 8.62. The first-order valence-corrected chi connectivity index (χ1v) is 8.90. The van der Waals surface area contributed by atoms with E-state index in [0.29, 0.717) is 24.6 Å². The van der Waals surface area contributed by atoms with Crippen molar-refractivity contribution in [3.63, 3.8) is 0 Å². The molecule has 0 saturated carbocycles. The zero-order valence-electron chi connectivity index (χ0n) is 16.1. The second-order valence-corrected chi connectivity index (χ2v) is 6.00. The van der Waals surface area contributed by atoms with E-state index in [1.807, 2.05) is 35.7 Å². The molecule has 3 aromatic rings. The Labute approximate surface area is 188 Å². The molecular weight excluding hydrogens is 514 g/mol. The number of rotatable bonds is 7. The first kappa shape index (κ1) is 23.6. The van der Waals surface area contributed by atoms with Crippen LogP contribution in [0.4, 0.5) is 13.2 Å². The maximum Gasteiger partial charge on any atom is 0.422 e. The van der Waals surface area contributed by atoms with E-state index < -0.39 is 12.8 Å². The molecule has 0 aliphatic heterocycles. The highest BCUT2D eigenvalue weighted by Crippen LogP contribution is 2.17. The van der Waals surface area contributed by atoms with Crippen LogP contribution in [0.15, 0.2) is 47.7 Å². The third kappa shape index (κ3) is 7.00. The minimum atomic E-state index is -4.41. The number of alkyl halides is 3. The molecule has 0 spiro atoms. The molecule has 0 saturated heterocycles. The molecule has 12 heteroatoms. The number of guanidine groups is 1. The minimum absolute atomic E-state index is 0. The Morgan fingerprint density at radius 2 is 2.03 bits per heavy atom. The number of pyridine rings is 2. The molecule has 3 heterocycles. The molecule has 162 valence electrons. The Morgan fingerprint density at radius 3 is 2.80 bits per heavy atom. The zero-order chi connectivity index (χ0) is 20.7. The van der Waals surface area contributed by atoms with E-state index in [1.54, 1.807) is 6.07 Å². The van der Waals surface area contributed by atoms with Gasteiger partial charge in [-0.1, -0.05) is 6.07 Å². The van der Waals surface area contributed by atoms with E-state index in [4.69, 9.17) is 0 Å². The second-order valence-electron chi connectivity index (χ2n) is 6.00. The number of nitrogens with zero attached hydrogens (tertiary/aromatic N) is 5. The number of ether oxygens (including phenoxy) is 1. The topological polar surface area (TPSA) is 88.7 Å². The van der Waals surface area contributed by atoms with Crippen molar-refractivity contribution in [2.24, 2.45) is 4.99 Å². The summed E-state index contributed by atoms with van der Waals surface area (Å²) in [6.45, 7) is 1.82. The van der Waals surface area contributed by atoms with Gasteiger partial charge in [-0.3, -0.25) is 4.40 Å². The van der Waals surface area contributed by atoms with Crippen molar-refractivity contribution in [1.29, 1.82) is 0 Å². The van der Waals surface area contributed by atoms with Crippen molar-refractivity contribution in [2.75, 3.05) is 13.2 Å². The summed E-state index contributed by atoms with van der Waals surface area (Å²) in [5.41, 5.74) is 1.41. The molecule has 0 amide bonds. The van der Waals surface area contributed by atoms with Crippen LogP contribution in [-0.2, 0) is 13.1 Å². The van der Waals surface area contributed by atoms with Crippen molar-refractivity contribution in [1.82, 2.24) is 30.2 Å². The normalized spacial score (nSPS) is 11.8. The summed E-state index contributed by atoms with van der Waals surface area (Å²) in [4.78, 5) is 8.23. The SMILES string of the molecule is CCNC(=NCc1ccnc(OCC(F)(F)F)c1)NCc1nnc2ccccn12.I. The lowest BCUT2D eigenvalue weighted by molar-refractivity contribution is -0.154. The lowest BCUT2D eigenvalue weighted by Crippen LogP contribution is -2.37. The highest BCUT2D eigenvalue weighted by atomic mass is 127. The van der Waals surface area contributed by atoms with Gasteiger partial charge in [0.2, 0.25) is 5.88 Å². The number of hydrogen-bond donors (Lipinski definition) is 2. The number of hydrogen-bond acceptors (Lipinski definition) is 5. The van der Waals surface area contributed by atoms with Crippen LogP contribution in [0, 0.1) is 0 Å². The van der Waals surface area contributed by atoms with Crippen molar-refractivity contribution >= 4 is 35.6 Å². The van der Waals surface area contributed by atoms with Gasteiger partial charge in [0.1, 0.15) is 0 Å². The van der Waals surface area contributed by atoms with E-state index in [0.717, 1.165) is 11.5 Å². The maximum absolute atomic E-state index is 12.3. The van der Waals surface area contributed by atoms with E-state index in [2.05, 4.69) is 35.5 Å². The third-order valence-electron chi connectivity index (χ3n) is 3.75. The molecule has 0 aliphatic rings. The molecule has 3 aromatic heterocycles. The first-order chi connectivity index (χ1) is 13.9. The van der Waals surface area contributed by atoms with Gasteiger partial charge in [0.05, 0.1) is 13.1 Å². The standard InChI is InChI=1S/C18H20F3N7O.HI/c1-2-22-17(25-11-15-27-26-14-5-3-4-8-28(14)15)24-10-13-6-7-23-16(9-13)29-12-18(19,20)21;/h3-9H,2,10-12H2,1H3,(H2,22,24,25);1H. The summed E-state index contributed by atoms with van der Waals surface area (Å²) < 4.78 is 43.4. The van der Waals surface area contributed by atoms with Crippen molar-refractivity contribution in [3.05, 3.63) is 54.1 Å². The molecule has 0 atom stereocenters. The van der Waals surface area contributed by atoms with Crippen LogP contribution < -0.4 is 15.4 Å². The quantitative estimate of drug-likeness (QED) is 0.275. The second kappa shape index (κ2) is 10.9. The molecule has 2 N–H and O–H groups in total. The molecule has 0 unspecified atom stereocenters. The largest absolute Gasteiger partial charge is 0.468 e. The van der Waals surface area contributed by atoms with Gasteiger partial charge < -0.3 is 15.4 Å². The van der Waals surface area contributed by atoms with Gasteiger partial charge in [0.25, 0.3) is 0 Å². The Bertz CT molecular complexity index is 978. The van der Waals surface area contributed by atoms with Crippen LogP contribution in [0.25, 0.3) is 5.65 Å². The summed E-state index contributed by atoms with van der Waals surface area (Å²) in [7, 11) is 0. The van der Waals surface area contributed by atoms with Crippen molar-refractivity contribution in [3.8, 4) is 5.88 Å². The molecule has 0 radical (unpaired) electrons. The average molecular weight is 535 g/mol. The summed E-state index contributed by atoms with van der Waals surface area (Å²) in [5.74, 6) is 1.16. The van der Waals surface area contributed by atoms with E-state index >= 15 is 0 Å². The van der Waals surface area contributed by atoms with Crippen LogP contribution >= 0.6 is 24.0 Å². The Balaban J connectivity index is 0.00000320. The summed E-state index contributed by atoms with van der Waals surface area (Å²) >= 11 is 0. The highest BCUT2D eigenvalue weighted by molar-refractivity contribution is 14.0. The van der Waals surface area contributed by atoms with E-state index in [9.17, 15) is 13.2 Å².